The number of piperidine rings is 2. The number of amides is 1. The number of allylic oxidation sites excluding steroid dienone is 5. The van der Waals surface area contributed by atoms with Gasteiger partial charge in [-0.3, -0.25) is 9.69 Å². The molecule has 43 heavy (non-hydrogen) atoms. The number of hydrogen-bond acceptors (Lipinski definition) is 3. The highest BCUT2D eigenvalue weighted by molar-refractivity contribution is 6.01. The number of hydrogen-bond donors (Lipinski definition) is 1. The molecule has 6 nitrogen and oxygen atoms in total. The highest BCUT2D eigenvalue weighted by Crippen LogP contribution is 2.43. The van der Waals surface area contributed by atoms with Crippen LogP contribution in [0.25, 0.3) is 16.5 Å². The number of benzene rings is 1. The first-order valence-electron chi connectivity index (χ1n) is 15.6. The van der Waals surface area contributed by atoms with Gasteiger partial charge in [-0.15, -0.1) is 0 Å². The van der Waals surface area contributed by atoms with E-state index in [9.17, 15) is 23.5 Å². The van der Waals surface area contributed by atoms with Gasteiger partial charge in [-0.2, -0.15) is 0 Å². The normalized spacial score (nSPS) is 20.4. The molecule has 1 aromatic heterocycles. The Labute approximate surface area is 253 Å². The van der Waals surface area contributed by atoms with Crippen molar-refractivity contribution >= 4 is 28.4 Å². The fourth-order valence-electron chi connectivity index (χ4n) is 7.35. The van der Waals surface area contributed by atoms with Crippen LogP contribution >= 0.6 is 0 Å². The van der Waals surface area contributed by atoms with Crippen LogP contribution in [0.1, 0.15) is 86.3 Å². The Morgan fingerprint density at radius 3 is 2.49 bits per heavy atom. The second-order valence-corrected chi connectivity index (χ2v) is 12.2. The van der Waals surface area contributed by atoms with Crippen LogP contribution in [0.15, 0.2) is 60.7 Å². The molecule has 1 aromatic carbocycles. The molecule has 8 heteroatoms. The fraction of sp³-hybridized carbons (Fsp3) is 0.486. The van der Waals surface area contributed by atoms with Gasteiger partial charge in [0.05, 0.1) is 24.3 Å². The summed E-state index contributed by atoms with van der Waals surface area (Å²) in [6.07, 6.45) is 10.1. The summed E-state index contributed by atoms with van der Waals surface area (Å²) in [6, 6.07) is 5.33. The lowest BCUT2D eigenvalue weighted by Gasteiger charge is -2.42. The van der Waals surface area contributed by atoms with Crippen LogP contribution in [-0.4, -0.2) is 69.5 Å². The molecule has 1 unspecified atom stereocenters. The number of likely N-dealkylation sites (tertiary alicyclic amines) is 2. The summed E-state index contributed by atoms with van der Waals surface area (Å²) in [5.74, 6) is -3.48. The second kappa shape index (κ2) is 12.6. The van der Waals surface area contributed by atoms with Gasteiger partial charge in [0.25, 0.3) is 11.8 Å². The number of rotatable bonds is 9. The number of halogens is 2. The van der Waals surface area contributed by atoms with Gasteiger partial charge >= 0.3 is 5.97 Å². The summed E-state index contributed by atoms with van der Waals surface area (Å²) < 4.78 is 30.2. The van der Waals surface area contributed by atoms with Crippen LogP contribution in [0.4, 0.5) is 8.78 Å². The van der Waals surface area contributed by atoms with Gasteiger partial charge in [0, 0.05) is 47.6 Å². The minimum absolute atomic E-state index is 0.0516. The van der Waals surface area contributed by atoms with E-state index in [0.29, 0.717) is 44.5 Å². The van der Waals surface area contributed by atoms with Gasteiger partial charge < -0.3 is 14.6 Å². The van der Waals surface area contributed by atoms with E-state index in [1.165, 1.54) is 0 Å². The molecular formula is C35H43F2N3O3. The molecule has 230 valence electrons. The average Bonchev–Trinajstić information content (AvgIpc) is 3.20. The minimum Gasteiger partial charge on any atom is -0.478 e. The van der Waals surface area contributed by atoms with Crippen LogP contribution in [0.5, 0.6) is 0 Å². The second-order valence-electron chi connectivity index (χ2n) is 12.2. The summed E-state index contributed by atoms with van der Waals surface area (Å²) in [4.78, 5) is 29.8. The van der Waals surface area contributed by atoms with Crippen LogP contribution < -0.4 is 0 Å². The molecule has 1 amide bonds. The SMILES string of the molecule is C=CC1=C(C=C)c2c(C(CC)CCC)c3ccc(C(=O)O)cc3n2CC(C(=O)N2CCC(N3CCCC(F)(F)C3)CC2)=C1. The number of carbonyl (C=O) groups is 2. The van der Waals surface area contributed by atoms with Crippen LogP contribution in [0, 0.1) is 0 Å². The van der Waals surface area contributed by atoms with Crippen LogP contribution in [0.3, 0.4) is 0 Å². The Kier molecular flexibility index (Phi) is 9.07. The maximum Gasteiger partial charge on any atom is 0.335 e. The molecule has 2 fully saturated rings. The predicted molar refractivity (Wildman–Crippen MR) is 168 cm³/mol. The topological polar surface area (TPSA) is 65.8 Å². The smallest absolute Gasteiger partial charge is 0.335 e. The van der Waals surface area contributed by atoms with Crippen molar-refractivity contribution in [3.63, 3.8) is 0 Å². The summed E-state index contributed by atoms with van der Waals surface area (Å²) in [6.45, 7) is 14.3. The summed E-state index contributed by atoms with van der Waals surface area (Å²) in [5, 5.41) is 10.8. The van der Waals surface area contributed by atoms with Crippen molar-refractivity contribution < 1.29 is 23.5 Å². The molecule has 4 heterocycles. The number of aromatic nitrogens is 1. The van der Waals surface area contributed by atoms with E-state index in [-0.39, 0.29) is 42.9 Å². The van der Waals surface area contributed by atoms with E-state index < -0.39 is 11.9 Å². The molecule has 0 aliphatic carbocycles. The molecule has 0 radical (unpaired) electrons. The fourth-order valence-corrected chi connectivity index (χ4v) is 7.35. The van der Waals surface area contributed by atoms with Crippen LogP contribution in [0.2, 0.25) is 0 Å². The number of carboxylic acid groups (broad SMARTS) is 1. The molecule has 5 rings (SSSR count). The number of alkyl halides is 2. The van der Waals surface area contributed by atoms with Crippen molar-refractivity contribution in [2.45, 2.75) is 83.2 Å². The highest BCUT2D eigenvalue weighted by atomic mass is 19.3. The van der Waals surface area contributed by atoms with E-state index >= 15 is 0 Å². The quantitative estimate of drug-likeness (QED) is 0.330. The Morgan fingerprint density at radius 1 is 1.14 bits per heavy atom. The molecule has 0 bridgehead atoms. The Morgan fingerprint density at radius 2 is 1.88 bits per heavy atom. The molecule has 0 saturated carbocycles. The molecule has 0 spiro atoms. The summed E-state index contributed by atoms with van der Waals surface area (Å²) in [7, 11) is 0. The molecule has 3 aliphatic heterocycles. The van der Waals surface area contributed by atoms with E-state index in [2.05, 4.69) is 31.6 Å². The largest absolute Gasteiger partial charge is 0.478 e. The molecular weight excluding hydrogens is 548 g/mol. The Balaban J connectivity index is 1.53. The van der Waals surface area contributed by atoms with Crippen molar-refractivity contribution in [3.05, 3.63) is 77.6 Å². The molecule has 2 saturated heterocycles. The monoisotopic (exact) mass is 591 g/mol. The first-order chi connectivity index (χ1) is 20.6. The maximum absolute atomic E-state index is 14.1. The van der Waals surface area contributed by atoms with Gasteiger partial charge in [-0.05, 0) is 73.9 Å². The number of carbonyl (C=O) groups excluding carboxylic acids is 1. The van der Waals surface area contributed by atoms with Crippen molar-refractivity contribution in [1.82, 2.24) is 14.4 Å². The number of aromatic carboxylic acids is 1. The zero-order valence-electron chi connectivity index (χ0n) is 25.4. The van der Waals surface area contributed by atoms with E-state index in [1.54, 1.807) is 18.2 Å². The van der Waals surface area contributed by atoms with E-state index in [0.717, 1.165) is 52.6 Å². The Bertz CT molecular complexity index is 1490. The number of fused-ring (bicyclic) bond motifs is 3. The van der Waals surface area contributed by atoms with Gasteiger partial charge in [0.15, 0.2) is 0 Å². The lowest BCUT2D eigenvalue weighted by molar-refractivity contribution is -0.130. The van der Waals surface area contributed by atoms with Crippen molar-refractivity contribution in [2.75, 3.05) is 26.2 Å². The lowest BCUT2D eigenvalue weighted by Crippen LogP contribution is -2.52. The predicted octanol–water partition coefficient (Wildman–Crippen LogP) is 7.42. The van der Waals surface area contributed by atoms with Crippen molar-refractivity contribution in [1.29, 1.82) is 0 Å². The van der Waals surface area contributed by atoms with Crippen LogP contribution in [-0.2, 0) is 11.3 Å². The first kappa shape index (κ1) is 30.9. The van der Waals surface area contributed by atoms with Gasteiger partial charge in [0.1, 0.15) is 0 Å². The third-order valence-corrected chi connectivity index (χ3v) is 9.50. The maximum atomic E-state index is 14.1. The first-order valence-corrected chi connectivity index (χ1v) is 15.6. The summed E-state index contributed by atoms with van der Waals surface area (Å²) in [5.41, 5.74) is 5.37. The van der Waals surface area contributed by atoms with E-state index in [1.807, 2.05) is 28.0 Å². The molecule has 1 atom stereocenters. The third-order valence-electron chi connectivity index (χ3n) is 9.50. The number of nitrogens with zero attached hydrogens (tertiary/aromatic N) is 3. The van der Waals surface area contributed by atoms with Gasteiger partial charge in [-0.25, -0.2) is 13.6 Å². The standard InChI is InChI=1S/C35H43F2N3O3/c1-5-10-23(6-2)31-29-12-11-25(34(42)43)20-30(29)40-21-26(19-24(7-3)28(8-4)32(31)40)33(41)38-17-13-27(14-18-38)39-16-9-15-35(36,37)22-39/h7-8,11-12,19-20,23,27H,3-6,9-10,13-18,21-22H2,1-2H3,(H,42,43). The molecule has 1 N–H and O–H groups in total. The zero-order valence-corrected chi connectivity index (χ0v) is 25.4. The zero-order chi connectivity index (χ0) is 30.9. The third kappa shape index (κ3) is 5.99. The minimum atomic E-state index is -2.64. The molecule has 3 aliphatic rings. The van der Waals surface area contributed by atoms with Crippen molar-refractivity contribution in [3.8, 4) is 0 Å². The van der Waals surface area contributed by atoms with Crippen molar-refractivity contribution in [2.24, 2.45) is 0 Å². The van der Waals surface area contributed by atoms with Gasteiger partial charge in [-0.1, -0.05) is 51.6 Å². The highest BCUT2D eigenvalue weighted by Gasteiger charge is 2.39. The average molecular weight is 592 g/mol. The van der Waals surface area contributed by atoms with Gasteiger partial charge in [0.2, 0.25) is 0 Å². The lowest BCUT2D eigenvalue weighted by atomic mass is 9.87. The summed E-state index contributed by atoms with van der Waals surface area (Å²) >= 11 is 0. The van der Waals surface area contributed by atoms with E-state index in [4.69, 9.17) is 0 Å². The molecule has 2 aromatic rings. The Hall–Kier alpha value is -3.52. The number of carboxylic acids is 1.